The normalized spacial score (nSPS) is 19.2. The summed E-state index contributed by atoms with van der Waals surface area (Å²) in [5.74, 6) is -1.15. The van der Waals surface area contributed by atoms with Gasteiger partial charge >= 0.3 is 6.18 Å². The van der Waals surface area contributed by atoms with Crippen LogP contribution in [0, 0.1) is 11.8 Å². The Kier molecular flexibility index (Phi) is 7.15. The van der Waals surface area contributed by atoms with Gasteiger partial charge in [-0.05, 0) is 43.7 Å². The van der Waals surface area contributed by atoms with Gasteiger partial charge in [0, 0.05) is 11.1 Å². The number of allylic oxidation sites excluding steroid dienone is 1. The van der Waals surface area contributed by atoms with Crippen LogP contribution in [0.5, 0.6) is 5.88 Å². The predicted molar refractivity (Wildman–Crippen MR) is 116 cm³/mol. The van der Waals surface area contributed by atoms with Crippen molar-refractivity contribution in [1.82, 2.24) is 4.98 Å². The lowest BCUT2D eigenvalue weighted by Crippen LogP contribution is -2.27. The van der Waals surface area contributed by atoms with Crippen molar-refractivity contribution in [3.8, 4) is 17.1 Å². The molecule has 0 bridgehead atoms. The molecule has 7 heteroatoms. The molecule has 2 aromatic rings. The second-order valence-corrected chi connectivity index (χ2v) is 7.55. The van der Waals surface area contributed by atoms with Gasteiger partial charge in [0.05, 0.1) is 24.4 Å². The van der Waals surface area contributed by atoms with Crippen molar-refractivity contribution in [2.75, 3.05) is 12.4 Å². The molecule has 1 aromatic carbocycles. The molecule has 1 aliphatic carbocycles. The monoisotopic (exact) mass is 430 g/mol. The molecule has 1 aliphatic rings. The molecule has 1 fully saturated rings. The van der Waals surface area contributed by atoms with Crippen LogP contribution in [0.25, 0.3) is 17.3 Å². The van der Waals surface area contributed by atoms with Crippen molar-refractivity contribution in [3.05, 3.63) is 60.7 Å². The van der Waals surface area contributed by atoms with Crippen LogP contribution < -0.4 is 10.1 Å². The number of amides is 1. The smallest absolute Gasteiger partial charge is 0.391 e. The molecule has 0 spiro atoms. The zero-order valence-electron chi connectivity index (χ0n) is 17.3. The predicted octanol–water partition coefficient (Wildman–Crippen LogP) is 6.26. The number of aromatic nitrogens is 1. The Hall–Kier alpha value is -3.09. The van der Waals surface area contributed by atoms with Gasteiger partial charge in [0.2, 0.25) is 11.8 Å². The molecule has 4 nitrogen and oxygen atoms in total. The van der Waals surface area contributed by atoms with Crippen molar-refractivity contribution in [3.63, 3.8) is 0 Å². The maximum absolute atomic E-state index is 12.9. The number of hydrogen-bond acceptors (Lipinski definition) is 3. The van der Waals surface area contributed by atoms with E-state index < -0.39 is 12.1 Å². The third kappa shape index (κ3) is 5.75. The van der Waals surface area contributed by atoms with Crippen LogP contribution in [0.4, 0.5) is 18.9 Å². The Labute approximate surface area is 179 Å². The fourth-order valence-corrected chi connectivity index (χ4v) is 3.77. The lowest BCUT2D eigenvalue weighted by atomic mass is 9.81. The average molecular weight is 430 g/mol. The van der Waals surface area contributed by atoms with E-state index in [4.69, 9.17) is 4.74 Å². The standard InChI is InChI=1S/C24H25F3N2O2/c1-3-21(30)28-20-15-18(12-9-16-10-13-19(14-11-16)24(25,26)27)23(31-2)29-22(20)17-7-5-4-6-8-17/h3-9,12,15-16,19H,1,10-11,13-14H2,2H3,(H,28,30). The highest BCUT2D eigenvalue weighted by atomic mass is 19.4. The van der Waals surface area contributed by atoms with E-state index in [9.17, 15) is 18.0 Å². The molecule has 0 saturated heterocycles. The first-order valence-electron chi connectivity index (χ1n) is 10.1. The number of carbonyl (C=O) groups is 1. The molecular formula is C24H25F3N2O2. The van der Waals surface area contributed by atoms with E-state index in [0.717, 1.165) is 5.56 Å². The number of ether oxygens (including phenoxy) is 1. The fourth-order valence-electron chi connectivity index (χ4n) is 3.77. The maximum Gasteiger partial charge on any atom is 0.391 e. The third-order valence-electron chi connectivity index (χ3n) is 5.48. The van der Waals surface area contributed by atoms with Crippen molar-refractivity contribution in [1.29, 1.82) is 0 Å². The Morgan fingerprint density at radius 1 is 1.19 bits per heavy atom. The van der Waals surface area contributed by atoms with E-state index in [2.05, 4.69) is 16.9 Å². The number of halogens is 3. The second-order valence-electron chi connectivity index (χ2n) is 7.55. The lowest BCUT2D eigenvalue weighted by Gasteiger charge is -2.28. The van der Waals surface area contributed by atoms with Crippen LogP contribution in [-0.2, 0) is 4.79 Å². The zero-order valence-corrected chi connectivity index (χ0v) is 17.3. The number of rotatable bonds is 6. The van der Waals surface area contributed by atoms with Crippen molar-refractivity contribution in [2.45, 2.75) is 31.9 Å². The van der Waals surface area contributed by atoms with Crippen LogP contribution >= 0.6 is 0 Å². The summed E-state index contributed by atoms with van der Waals surface area (Å²) in [6, 6.07) is 11.1. The van der Waals surface area contributed by atoms with Gasteiger partial charge in [0.25, 0.3) is 0 Å². The van der Waals surface area contributed by atoms with E-state index in [1.807, 2.05) is 42.5 Å². The second kappa shape index (κ2) is 9.81. The number of nitrogens with one attached hydrogen (secondary N) is 1. The summed E-state index contributed by atoms with van der Waals surface area (Å²) in [6.45, 7) is 3.48. The minimum absolute atomic E-state index is 0.0586. The summed E-state index contributed by atoms with van der Waals surface area (Å²) in [5.41, 5.74) is 2.49. The van der Waals surface area contributed by atoms with Crippen molar-refractivity contribution >= 4 is 17.7 Å². The lowest BCUT2D eigenvalue weighted by molar-refractivity contribution is -0.183. The molecule has 0 aliphatic heterocycles. The molecule has 164 valence electrons. The molecule has 31 heavy (non-hydrogen) atoms. The van der Waals surface area contributed by atoms with Gasteiger partial charge in [-0.1, -0.05) is 49.1 Å². The Balaban J connectivity index is 1.88. The Morgan fingerprint density at radius 2 is 1.87 bits per heavy atom. The van der Waals surface area contributed by atoms with E-state index in [1.165, 1.54) is 13.2 Å². The zero-order chi connectivity index (χ0) is 22.4. The number of benzene rings is 1. The van der Waals surface area contributed by atoms with Gasteiger partial charge in [-0.15, -0.1) is 0 Å². The summed E-state index contributed by atoms with van der Waals surface area (Å²) < 4.78 is 44.1. The highest BCUT2D eigenvalue weighted by Crippen LogP contribution is 2.40. The average Bonchev–Trinajstić information content (AvgIpc) is 2.77. The van der Waals surface area contributed by atoms with Crippen molar-refractivity contribution < 1.29 is 22.7 Å². The molecule has 1 heterocycles. The topological polar surface area (TPSA) is 51.2 Å². The largest absolute Gasteiger partial charge is 0.481 e. The van der Waals surface area contributed by atoms with E-state index in [0.29, 0.717) is 35.7 Å². The van der Waals surface area contributed by atoms with Gasteiger partial charge in [-0.3, -0.25) is 4.79 Å². The summed E-state index contributed by atoms with van der Waals surface area (Å²) in [5, 5.41) is 2.78. The molecule has 0 atom stereocenters. The molecule has 0 unspecified atom stereocenters. The minimum Gasteiger partial charge on any atom is -0.481 e. The third-order valence-corrected chi connectivity index (χ3v) is 5.48. The quantitative estimate of drug-likeness (QED) is 0.550. The summed E-state index contributed by atoms with van der Waals surface area (Å²) in [7, 11) is 1.50. The number of carbonyl (C=O) groups excluding carboxylic acids is 1. The van der Waals surface area contributed by atoms with Gasteiger partial charge < -0.3 is 10.1 Å². The van der Waals surface area contributed by atoms with Crippen LogP contribution in [0.2, 0.25) is 0 Å². The Morgan fingerprint density at radius 3 is 2.45 bits per heavy atom. The highest BCUT2D eigenvalue weighted by molar-refractivity contribution is 6.01. The molecule has 1 aromatic heterocycles. The number of pyridine rings is 1. The van der Waals surface area contributed by atoms with E-state index >= 15 is 0 Å². The minimum atomic E-state index is -4.12. The van der Waals surface area contributed by atoms with Gasteiger partial charge in [-0.25, -0.2) is 4.98 Å². The number of anilines is 1. The van der Waals surface area contributed by atoms with Crippen molar-refractivity contribution in [2.24, 2.45) is 11.8 Å². The summed E-state index contributed by atoms with van der Waals surface area (Å²) in [4.78, 5) is 16.5. The van der Waals surface area contributed by atoms with Crippen LogP contribution in [0.15, 0.2) is 55.1 Å². The number of nitrogens with zero attached hydrogens (tertiary/aromatic N) is 1. The summed E-state index contributed by atoms with van der Waals surface area (Å²) >= 11 is 0. The first-order valence-corrected chi connectivity index (χ1v) is 10.1. The number of hydrogen-bond donors (Lipinski definition) is 1. The molecule has 1 saturated carbocycles. The van der Waals surface area contributed by atoms with Crippen LogP contribution in [0.3, 0.4) is 0 Å². The maximum atomic E-state index is 12.9. The molecular weight excluding hydrogens is 405 g/mol. The highest BCUT2D eigenvalue weighted by Gasteiger charge is 2.40. The number of alkyl halides is 3. The molecule has 0 radical (unpaired) electrons. The van der Waals surface area contributed by atoms with Gasteiger partial charge in [0.1, 0.15) is 0 Å². The van der Waals surface area contributed by atoms with Gasteiger partial charge in [-0.2, -0.15) is 13.2 Å². The fraction of sp³-hybridized carbons (Fsp3) is 0.333. The molecule has 1 N–H and O–H groups in total. The van der Waals surface area contributed by atoms with E-state index in [-0.39, 0.29) is 24.7 Å². The van der Waals surface area contributed by atoms with Gasteiger partial charge in [0.15, 0.2) is 0 Å². The Bertz CT molecular complexity index is 947. The molecule has 3 rings (SSSR count). The molecule has 1 amide bonds. The summed E-state index contributed by atoms with van der Waals surface area (Å²) in [6.07, 6.45) is 2.03. The first-order chi connectivity index (χ1) is 14.8. The van der Waals surface area contributed by atoms with E-state index in [1.54, 1.807) is 6.07 Å². The first kappa shape index (κ1) is 22.6. The number of methoxy groups -OCH3 is 1. The van der Waals surface area contributed by atoms with Crippen LogP contribution in [-0.4, -0.2) is 24.2 Å². The van der Waals surface area contributed by atoms with Crippen LogP contribution in [0.1, 0.15) is 31.2 Å². The SMILES string of the molecule is C=CC(=O)Nc1cc(C=CC2CCC(C(F)(F)F)CC2)c(OC)nc1-c1ccccc1.